The van der Waals surface area contributed by atoms with E-state index in [1.54, 1.807) is 30.1 Å². The Morgan fingerprint density at radius 2 is 2.03 bits per heavy atom. The van der Waals surface area contributed by atoms with E-state index in [1.807, 2.05) is 36.4 Å². The minimum atomic E-state index is -0.139. The van der Waals surface area contributed by atoms with Gasteiger partial charge in [-0.25, -0.2) is 9.97 Å². The van der Waals surface area contributed by atoms with Crippen molar-refractivity contribution in [3.05, 3.63) is 75.5 Å². The van der Waals surface area contributed by atoms with E-state index in [9.17, 15) is 4.79 Å². The van der Waals surface area contributed by atoms with Gasteiger partial charge in [0.1, 0.15) is 18.0 Å². The van der Waals surface area contributed by atoms with E-state index < -0.39 is 0 Å². The molecule has 0 fully saturated rings. The number of carbonyl (C=O) groups excluding carboxylic acids is 1. The summed E-state index contributed by atoms with van der Waals surface area (Å²) >= 11 is 9.83. The maximum Gasteiger partial charge on any atom is 0.269 e. The molecule has 0 saturated carbocycles. The normalized spacial score (nSPS) is 12.7. The average Bonchev–Trinajstić information content (AvgIpc) is 3.30. The first-order chi connectivity index (χ1) is 16.5. The first-order valence-corrected chi connectivity index (χ1v) is 11.6. The molecular weight excluding hydrogens is 522 g/mol. The minimum absolute atomic E-state index is 0.139. The predicted octanol–water partition coefficient (Wildman–Crippen LogP) is 4.75. The van der Waals surface area contributed by atoms with Gasteiger partial charge in [0.15, 0.2) is 17.3 Å². The van der Waals surface area contributed by atoms with Crippen molar-refractivity contribution in [1.29, 1.82) is 0 Å². The smallest absolute Gasteiger partial charge is 0.269 e. The van der Waals surface area contributed by atoms with Gasteiger partial charge in [0.05, 0.1) is 23.8 Å². The predicted molar refractivity (Wildman–Crippen MR) is 131 cm³/mol. The number of nitrogens with one attached hydrogen (secondary N) is 1. The van der Waals surface area contributed by atoms with Crippen LogP contribution < -0.4 is 14.8 Å². The van der Waals surface area contributed by atoms with Crippen molar-refractivity contribution in [1.82, 2.24) is 25.1 Å². The number of amides is 1. The van der Waals surface area contributed by atoms with Crippen LogP contribution in [0.1, 0.15) is 16.1 Å². The van der Waals surface area contributed by atoms with Gasteiger partial charge < -0.3 is 14.8 Å². The molecule has 172 valence electrons. The Balaban J connectivity index is 1.45. The summed E-state index contributed by atoms with van der Waals surface area (Å²) in [6, 6.07) is 14.7. The zero-order valence-corrected chi connectivity index (χ0v) is 20.4. The zero-order chi connectivity index (χ0) is 23.7. The molecule has 2 aromatic heterocycles. The molecule has 1 aliphatic rings. The Labute approximate surface area is 209 Å². The van der Waals surface area contributed by atoms with Gasteiger partial charge in [0.2, 0.25) is 0 Å². The molecule has 0 spiro atoms. The van der Waals surface area contributed by atoms with E-state index in [2.05, 4.69) is 36.3 Å². The molecule has 3 heterocycles. The number of ether oxygens (including phenoxy) is 2. The van der Waals surface area contributed by atoms with E-state index in [0.717, 1.165) is 11.1 Å². The van der Waals surface area contributed by atoms with Crippen LogP contribution in [0, 0.1) is 0 Å². The molecule has 0 aliphatic carbocycles. The lowest BCUT2D eigenvalue weighted by atomic mass is 10.1. The van der Waals surface area contributed by atoms with Crippen LogP contribution in [0.15, 0.2) is 59.2 Å². The quantitative estimate of drug-likeness (QED) is 0.379. The van der Waals surface area contributed by atoms with Gasteiger partial charge in [-0.05, 0) is 46.3 Å². The lowest BCUT2D eigenvalue weighted by molar-refractivity contribution is 0.0924. The van der Waals surface area contributed by atoms with Crippen LogP contribution in [-0.2, 0) is 13.2 Å². The zero-order valence-electron chi connectivity index (χ0n) is 18.1. The Hall–Kier alpha value is -3.43. The third-order valence-corrected chi connectivity index (χ3v) is 6.32. The van der Waals surface area contributed by atoms with Gasteiger partial charge >= 0.3 is 0 Å². The largest absolute Gasteiger partial charge is 0.493 e. The number of methoxy groups -OCH3 is 1. The number of benzene rings is 2. The Morgan fingerprint density at radius 1 is 1.18 bits per heavy atom. The highest BCUT2D eigenvalue weighted by Crippen LogP contribution is 2.40. The van der Waals surface area contributed by atoms with E-state index >= 15 is 0 Å². The summed E-state index contributed by atoms with van der Waals surface area (Å²) in [7, 11) is 1.58. The number of halogens is 2. The first kappa shape index (κ1) is 22.4. The van der Waals surface area contributed by atoms with E-state index in [-0.39, 0.29) is 5.91 Å². The van der Waals surface area contributed by atoms with Crippen molar-refractivity contribution in [2.45, 2.75) is 13.2 Å². The topological polar surface area (TPSA) is 91.2 Å². The number of aromatic nitrogens is 4. The number of rotatable bonds is 6. The molecule has 0 bridgehead atoms. The molecule has 1 amide bonds. The van der Waals surface area contributed by atoms with Crippen LogP contribution >= 0.6 is 27.5 Å². The van der Waals surface area contributed by atoms with Crippen molar-refractivity contribution in [2.24, 2.45) is 0 Å². The minimum Gasteiger partial charge on any atom is -0.493 e. The van der Waals surface area contributed by atoms with Crippen molar-refractivity contribution < 1.29 is 14.3 Å². The third-order valence-electron chi connectivity index (χ3n) is 5.36. The monoisotopic (exact) mass is 539 g/mol. The fraction of sp³-hybridized carbons (Fsp3) is 0.167. The SMILES string of the molecule is COc1cc(-c2nccc(-c3cc4n(n3)CCNC4=O)n2)cc(Br)c1OCc1ccccc1Cl. The summed E-state index contributed by atoms with van der Waals surface area (Å²) in [4.78, 5) is 21.2. The number of fused-ring (bicyclic) bond motifs is 1. The van der Waals surface area contributed by atoms with Crippen LogP contribution in [-0.4, -0.2) is 39.3 Å². The molecule has 8 nitrogen and oxygen atoms in total. The maximum atomic E-state index is 12.1. The highest BCUT2D eigenvalue weighted by Gasteiger charge is 2.21. The van der Waals surface area contributed by atoms with Crippen molar-refractivity contribution >= 4 is 33.4 Å². The van der Waals surface area contributed by atoms with Gasteiger partial charge in [-0.1, -0.05) is 29.8 Å². The second kappa shape index (κ2) is 9.44. The molecule has 5 rings (SSSR count). The molecule has 0 saturated heterocycles. The van der Waals surface area contributed by atoms with Crippen LogP contribution in [0.3, 0.4) is 0 Å². The molecule has 0 unspecified atom stereocenters. The van der Waals surface area contributed by atoms with Gasteiger partial charge in [-0.15, -0.1) is 0 Å². The Kier molecular flexibility index (Phi) is 6.21. The molecule has 0 radical (unpaired) electrons. The van der Waals surface area contributed by atoms with Crippen LogP contribution in [0.4, 0.5) is 0 Å². The molecule has 0 atom stereocenters. The standard InChI is InChI=1S/C24H19BrClN5O3/c1-33-21-11-15(10-16(25)22(21)34-13-14-4-2-3-5-17(14)26)23-27-7-6-18(29-23)19-12-20-24(32)28-8-9-31(20)30-19/h2-7,10-12H,8-9,13H2,1H3,(H,28,32). The maximum absolute atomic E-state index is 12.1. The number of nitrogens with zero attached hydrogens (tertiary/aromatic N) is 4. The van der Waals surface area contributed by atoms with Crippen molar-refractivity contribution in [3.63, 3.8) is 0 Å². The van der Waals surface area contributed by atoms with Gasteiger partial charge in [0, 0.05) is 28.9 Å². The van der Waals surface area contributed by atoms with Crippen LogP contribution in [0.25, 0.3) is 22.8 Å². The first-order valence-electron chi connectivity index (χ1n) is 10.5. The van der Waals surface area contributed by atoms with Gasteiger partial charge in [0.25, 0.3) is 5.91 Å². The fourth-order valence-electron chi connectivity index (χ4n) is 3.66. The molecule has 34 heavy (non-hydrogen) atoms. The lowest BCUT2D eigenvalue weighted by Crippen LogP contribution is -2.35. The third kappa shape index (κ3) is 4.36. The van der Waals surface area contributed by atoms with E-state index in [4.69, 9.17) is 21.1 Å². The highest BCUT2D eigenvalue weighted by atomic mass is 79.9. The van der Waals surface area contributed by atoms with Crippen molar-refractivity contribution in [3.8, 4) is 34.3 Å². The van der Waals surface area contributed by atoms with E-state index in [1.165, 1.54) is 0 Å². The summed E-state index contributed by atoms with van der Waals surface area (Å²) < 4.78 is 14.0. The van der Waals surface area contributed by atoms with Crippen LogP contribution in [0.2, 0.25) is 5.02 Å². The second-order valence-electron chi connectivity index (χ2n) is 7.53. The molecule has 4 aromatic rings. The summed E-state index contributed by atoms with van der Waals surface area (Å²) in [5.74, 6) is 1.43. The summed E-state index contributed by atoms with van der Waals surface area (Å²) in [6.45, 7) is 1.47. The fourth-order valence-corrected chi connectivity index (χ4v) is 4.40. The Morgan fingerprint density at radius 3 is 2.82 bits per heavy atom. The number of hydrogen-bond acceptors (Lipinski definition) is 6. The molecule has 1 N–H and O–H groups in total. The van der Waals surface area contributed by atoms with Gasteiger partial charge in [-0.2, -0.15) is 5.10 Å². The molecule has 2 aromatic carbocycles. The summed E-state index contributed by atoms with van der Waals surface area (Å²) in [6.07, 6.45) is 1.66. The van der Waals surface area contributed by atoms with Crippen LogP contribution in [0.5, 0.6) is 11.5 Å². The lowest BCUT2D eigenvalue weighted by Gasteiger charge is -2.15. The summed E-state index contributed by atoms with van der Waals surface area (Å²) in [5, 5.41) is 7.99. The number of carbonyl (C=O) groups is 1. The second-order valence-corrected chi connectivity index (χ2v) is 8.79. The molecule has 1 aliphatic heterocycles. The molecular formula is C24H19BrClN5O3. The summed E-state index contributed by atoms with van der Waals surface area (Å²) in [5.41, 5.74) is 3.35. The van der Waals surface area contributed by atoms with E-state index in [0.29, 0.717) is 63.6 Å². The highest BCUT2D eigenvalue weighted by molar-refractivity contribution is 9.10. The van der Waals surface area contributed by atoms with Gasteiger partial charge in [-0.3, -0.25) is 9.48 Å². The average molecular weight is 541 g/mol. The Bertz CT molecular complexity index is 1390. The number of hydrogen-bond donors (Lipinski definition) is 1. The van der Waals surface area contributed by atoms with Crippen molar-refractivity contribution in [2.75, 3.05) is 13.7 Å². The molecule has 10 heteroatoms.